The first kappa shape index (κ1) is 8.81. The molecule has 0 atom stereocenters. The van der Waals surface area contributed by atoms with Crippen LogP contribution in [0.15, 0.2) is 12.0 Å². The Labute approximate surface area is 59.7 Å². The van der Waals surface area contributed by atoms with Crippen molar-refractivity contribution < 1.29 is 14.6 Å². The number of hydrogen-bond acceptors (Lipinski definition) is 3. The Morgan fingerprint density at radius 3 is 2.20 bits per heavy atom. The Morgan fingerprint density at radius 1 is 1.60 bits per heavy atom. The summed E-state index contributed by atoms with van der Waals surface area (Å²) < 4.78 is 4.54. The number of carboxylic acid groups (broad SMARTS) is 1. The normalized spacial score (nSPS) is 10.9. The molecule has 0 rings (SSSR count). The molecule has 0 unspecified atom stereocenters. The lowest BCUT2D eigenvalue weighted by Gasteiger charge is -2.06. The molecule has 10 heavy (non-hydrogen) atoms. The van der Waals surface area contributed by atoms with Crippen molar-refractivity contribution in [3.05, 3.63) is 12.0 Å². The summed E-state index contributed by atoms with van der Waals surface area (Å²) in [7, 11) is 4.77. The molecule has 0 bridgehead atoms. The van der Waals surface area contributed by atoms with E-state index in [9.17, 15) is 4.79 Å². The van der Waals surface area contributed by atoms with Crippen molar-refractivity contribution in [1.82, 2.24) is 4.90 Å². The topological polar surface area (TPSA) is 49.8 Å². The minimum absolute atomic E-state index is 0.0648. The van der Waals surface area contributed by atoms with Crippen LogP contribution in [-0.4, -0.2) is 37.2 Å². The zero-order valence-electron chi connectivity index (χ0n) is 6.29. The predicted molar refractivity (Wildman–Crippen MR) is 36.4 cm³/mol. The molecule has 0 aromatic carbocycles. The summed E-state index contributed by atoms with van der Waals surface area (Å²) >= 11 is 0. The van der Waals surface area contributed by atoms with Crippen molar-refractivity contribution >= 4 is 5.97 Å². The third-order valence-electron chi connectivity index (χ3n) is 0.806. The van der Waals surface area contributed by atoms with Crippen LogP contribution in [0.25, 0.3) is 0 Å². The van der Waals surface area contributed by atoms with E-state index in [1.807, 2.05) is 0 Å². The molecule has 4 nitrogen and oxygen atoms in total. The van der Waals surface area contributed by atoms with E-state index >= 15 is 0 Å². The van der Waals surface area contributed by atoms with Gasteiger partial charge in [-0.05, 0) is 0 Å². The number of nitrogens with zero attached hydrogens (tertiary/aromatic N) is 1. The van der Waals surface area contributed by atoms with Gasteiger partial charge in [0.15, 0.2) is 0 Å². The highest BCUT2D eigenvalue weighted by molar-refractivity contribution is 5.83. The fraction of sp³-hybridized carbons (Fsp3) is 0.500. The number of carboxylic acids is 1. The Morgan fingerprint density at radius 2 is 2.10 bits per heavy atom. The van der Waals surface area contributed by atoms with Crippen LogP contribution in [0.5, 0.6) is 0 Å². The molecule has 0 fully saturated rings. The maximum absolute atomic E-state index is 10.2. The average molecular weight is 145 g/mol. The van der Waals surface area contributed by atoms with Crippen molar-refractivity contribution in [2.45, 2.75) is 0 Å². The van der Waals surface area contributed by atoms with Gasteiger partial charge in [-0.25, -0.2) is 4.79 Å². The second-order valence-corrected chi connectivity index (χ2v) is 1.97. The van der Waals surface area contributed by atoms with Gasteiger partial charge in [0.1, 0.15) is 0 Å². The molecule has 0 spiro atoms. The molecule has 0 aliphatic heterocycles. The summed E-state index contributed by atoms with van der Waals surface area (Å²) in [5.41, 5.74) is 0. The molecular weight excluding hydrogens is 134 g/mol. The summed E-state index contributed by atoms with van der Waals surface area (Å²) in [6.07, 6.45) is 1.39. The number of hydrogen-bond donors (Lipinski definition) is 1. The molecule has 0 amide bonds. The first-order chi connectivity index (χ1) is 4.57. The molecule has 0 aromatic heterocycles. The van der Waals surface area contributed by atoms with Crippen molar-refractivity contribution in [2.75, 3.05) is 21.2 Å². The van der Waals surface area contributed by atoms with E-state index in [0.717, 1.165) is 0 Å². The molecule has 0 aromatic rings. The highest BCUT2D eigenvalue weighted by Crippen LogP contribution is 1.95. The van der Waals surface area contributed by atoms with Crippen LogP contribution in [0.3, 0.4) is 0 Å². The van der Waals surface area contributed by atoms with Gasteiger partial charge in [-0.2, -0.15) is 0 Å². The zero-order chi connectivity index (χ0) is 8.15. The van der Waals surface area contributed by atoms with E-state index in [4.69, 9.17) is 5.11 Å². The van der Waals surface area contributed by atoms with Crippen LogP contribution in [-0.2, 0) is 9.53 Å². The van der Waals surface area contributed by atoms with Crippen LogP contribution in [0.2, 0.25) is 0 Å². The summed E-state index contributed by atoms with van der Waals surface area (Å²) in [5, 5.41) is 8.40. The van der Waals surface area contributed by atoms with Gasteiger partial charge in [0.2, 0.25) is 5.76 Å². The molecular formula is C6H11NO3. The van der Waals surface area contributed by atoms with Gasteiger partial charge in [0, 0.05) is 20.3 Å². The monoisotopic (exact) mass is 145 g/mol. The highest BCUT2D eigenvalue weighted by Gasteiger charge is 2.05. The third kappa shape index (κ3) is 2.96. The summed E-state index contributed by atoms with van der Waals surface area (Å²) in [5.74, 6) is -1.12. The second-order valence-electron chi connectivity index (χ2n) is 1.97. The molecule has 0 heterocycles. The summed E-state index contributed by atoms with van der Waals surface area (Å²) in [4.78, 5) is 11.9. The smallest absolute Gasteiger partial charge is 0.372 e. The molecule has 0 saturated heterocycles. The molecule has 4 heteroatoms. The van der Waals surface area contributed by atoms with E-state index < -0.39 is 5.97 Å². The van der Waals surface area contributed by atoms with Gasteiger partial charge in [-0.1, -0.05) is 0 Å². The lowest BCUT2D eigenvalue weighted by atomic mass is 10.5. The van der Waals surface area contributed by atoms with E-state index in [1.54, 1.807) is 19.0 Å². The van der Waals surface area contributed by atoms with E-state index in [0.29, 0.717) is 0 Å². The first-order valence-corrected chi connectivity index (χ1v) is 2.73. The average Bonchev–Trinajstić information content (AvgIpc) is 1.81. The lowest BCUT2D eigenvalue weighted by molar-refractivity contribution is -0.136. The first-order valence-electron chi connectivity index (χ1n) is 2.73. The van der Waals surface area contributed by atoms with E-state index in [1.165, 1.54) is 13.3 Å². The Kier molecular flexibility index (Phi) is 3.32. The minimum atomic E-state index is -1.06. The van der Waals surface area contributed by atoms with E-state index in [2.05, 4.69) is 4.74 Å². The fourth-order valence-electron chi connectivity index (χ4n) is 0.430. The van der Waals surface area contributed by atoms with Crippen molar-refractivity contribution in [1.29, 1.82) is 0 Å². The van der Waals surface area contributed by atoms with Gasteiger partial charge in [0.05, 0.1) is 7.11 Å². The number of rotatable bonds is 3. The van der Waals surface area contributed by atoms with Crippen LogP contribution in [0.4, 0.5) is 0 Å². The Bertz CT molecular complexity index is 151. The molecule has 0 saturated carbocycles. The molecule has 0 aliphatic rings. The summed E-state index contributed by atoms with van der Waals surface area (Å²) in [6, 6.07) is 0. The second kappa shape index (κ2) is 3.76. The van der Waals surface area contributed by atoms with Crippen LogP contribution < -0.4 is 0 Å². The number of methoxy groups -OCH3 is 1. The maximum Gasteiger partial charge on any atom is 0.372 e. The predicted octanol–water partition coefficient (Wildman–Crippen LogP) is 0.120. The number of carbonyl (C=O) groups is 1. The zero-order valence-corrected chi connectivity index (χ0v) is 6.29. The van der Waals surface area contributed by atoms with Gasteiger partial charge in [-0.15, -0.1) is 0 Å². The fourth-order valence-corrected chi connectivity index (χ4v) is 0.430. The van der Waals surface area contributed by atoms with Crippen LogP contribution in [0.1, 0.15) is 0 Å². The van der Waals surface area contributed by atoms with Crippen LogP contribution >= 0.6 is 0 Å². The Hall–Kier alpha value is -1.19. The summed E-state index contributed by atoms with van der Waals surface area (Å²) in [6.45, 7) is 0. The molecule has 0 radical (unpaired) electrons. The minimum Gasteiger partial charge on any atom is -0.489 e. The van der Waals surface area contributed by atoms with Gasteiger partial charge >= 0.3 is 5.97 Å². The number of ether oxygens (including phenoxy) is 1. The molecule has 0 aliphatic carbocycles. The van der Waals surface area contributed by atoms with Crippen molar-refractivity contribution in [3.8, 4) is 0 Å². The van der Waals surface area contributed by atoms with Crippen molar-refractivity contribution in [3.63, 3.8) is 0 Å². The third-order valence-corrected chi connectivity index (χ3v) is 0.806. The van der Waals surface area contributed by atoms with Gasteiger partial charge in [0.25, 0.3) is 0 Å². The van der Waals surface area contributed by atoms with Crippen molar-refractivity contribution in [2.24, 2.45) is 0 Å². The number of aliphatic carboxylic acids is 1. The highest BCUT2D eigenvalue weighted by atomic mass is 16.5. The SMILES string of the molecule is CO/C(=C\N(C)C)C(=O)O. The molecule has 1 N–H and O–H groups in total. The standard InChI is InChI=1S/C6H11NO3/c1-7(2)4-5(10-3)6(8)9/h4H,1-3H3,(H,8,9)/b5-4-. The van der Waals surface area contributed by atoms with Gasteiger partial charge < -0.3 is 14.7 Å². The lowest BCUT2D eigenvalue weighted by Crippen LogP contribution is -2.09. The van der Waals surface area contributed by atoms with Gasteiger partial charge in [-0.3, -0.25) is 0 Å². The van der Waals surface area contributed by atoms with Crippen LogP contribution in [0, 0.1) is 0 Å². The molecule has 58 valence electrons. The quantitative estimate of drug-likeness (QED) is 0.452. The largest absolute Gasteiger partial charge is 0.489 e. The van der Waals surface area contributed by atoms with E-state index in [-0.39, 0.29) is 5.76 Å². The maximum atomic E-state index is 10.2. The Balaban J connectivity index is 4.19.